The van der Waals surface area contributed by atoms with Crippen LogP contribution in [0.1, 0.15) is 30.2 Å². The second kappa shape index (κ2) is 2.09. The lowest BCUT2D eigenvalue weighted by Gasteiger charge is -1.80. The van der Waals surface area contributed by atoms with Crippen LogP contribution in [-0.2, 0) is 6.54 Å². The Bertz CT molecular complexity index is 227. The Balaban J connectivity index is 2.19. The van der Waals surface area contributed by atoms with Gasteiger partial charge >= 0.3 is 0 Å². The molecule has 1 heterocycles. The predicted octanol–water partition coefficient (Wildman–Crippen LogP) is 1.01. The summed E-state index contributed by atoms with van der Waals surface area (Å²) >= 11 is 0. The SMILES string of the molecule is NCc1cc(C2CC2)no1. The molecule has 1 saturated carbocycles. The molecular formula is C7H10N2O. The topological polar surface area (TPSA) is 52.0 Å². The molecule has 1 fully saturated rings. The first-order valence-electron chi connectivity index (χ1n) is 3.55. The summed E-state index contributed by atoms with van der Waals surface area (Å²) in [5, 5.41) is 3.89. The Morgan fingerprint density at radius 3 is 3.00 bits per heavy atom. The van der Waals surface area contributed by atoms with Crippen molar-refractivity contribution in [3.05, 3.63) is 17.5 Å². The van der Waals surface area contributed by atoms with Gasteiger partial charge < -0.3 is 10.3 Å². The van der Waals surface area contributed by atoms with Crippen LogP contribution in [0, 0.1) is 0 Å². The summed E-state index contributed by atoms with van der Waals surface area (Å²) in [7, 11) is 0. The largest absolute Gasteiger partial charge is 0.360 e. The number of rotatable bonds is 2. The number of nitrogens with two attached hydrogens (primary N) is 1. The molecule has 0 unspecified atom stereocenters. The van der Waals surface area contributed by atoms with E-state index >= 15 is 0 Å². The standard InChI is InChI=1S/C7H10N2O/c8-4-6-3-7(9-10-6)5-1-2-5/h3,5H,1-2,4,8H2. The van der Waals surface area contributed by atoms with E-state index in [1.807, 2.05) is 6.07 Å². The van der Waals surface area contributed by atoms with Gasteiger partial charge in [-0.3, -0.25) is 0 Å². The van der Waals surface area contributed by atoms with Gasteiger partial charge in [0.15, 0.2) is 5.76 Å². The lowest BCUT2D eigenvalue weighted by Crippen LogP contribution is -1.92. The van der Waals surface area contributed by atoms with Crippen LogP contribution in [0.4, 0.5) is 0 Å². The van der Waals surface area contributed by atoms with Gasteiger partial charge in [0.2, 0.25) is 0 Å². The molecule has 1 aliphatic rings. The Morgan fingerprint density at radius 1 is 1.70 bits per heavy atom. The van der Waals surface area contributed by atoms with E-state index in [0.29, 0.717) is 12.5 Å². The zero-order valence-electron chi connectivity index (χ0n) is 5.71. The van der Waals surface area contributed by atoms with Gasteiger partial charge in [-0.25, -0.2) is 0 Å². The summed E-state index contributed by atoms with van der Waals surface area (Å²) in [6.45, 7) is 0.458. The number of hydrogen-bond acceptors (Lipinski definition) is 3. The first-order valence-corrected chi connectivity index (χ1v) is 3.55. The normalized spacial score (nSPS) is 17.7. The molecule has 0 spiro atoms. The molecule has 1 aromatic heterocycles. The van der Waals surface area contributed by atoms with Crippen molar-refractivity contribution in [3.8, 4) is 0 Å². The van der Waals surface area contributed by atoms with E-state index in [-0.39, 0.29) is 0 Å². The van der Waals surface area contributed by atoms with Crippen molar-refractivity contribution in [3.63, 3.8) is 0 Å². The molecule has 1 aliphatic carbocycles. The molecule has 3 heteroatoms. The van der Waals surface area contributed by atoms with Crippen molar-refractivity contribution in [2.24, 2.45) is 5.73 Å². The second-order valence-corrected chi connectivity index (χ2v) is 2.70. The number of hydrogen-bond donors (Lipinski definition) is 1. The van der Waals surface area contributed by atoms with Crippen LogP contribution in [-0.4, -0.2) is 5.16 Å². The average Bonchev–Trinajstić information content (AvgIpc) is 2.70. The van der Waals surface area contributed by atoms with E-state index in [1.165, 1.54) is 12.8 Å². The summed E-state index contributed by atoms with van der Waals surface area (Å²) in [6.07, 6.45) is 2.52. The fourth-order valence-corrected chi connectivity index (χ4v) is 0.997. The quantitative estimate of drug-likeness (QED) is 0.663. The maximum absolute atomic E-state index is 5.35. The van der Waals surface area contributed by atoms with Crippen LogP contribution in [0.25, 0.3) is 0 Å². The fraction of sp³-hybridized carbons (Fsp3) is 0.571. The van der Waals surface area contributed by atoms with Crippen LogP contribution < -0.4 is 5.73 Å². The highest BCUT2D eigenvalue weighted by Crippen LogP contribution is 2.39. The summed E-state index contributed by atoms with van der Waals surface area (Å²) in [6, 6.07) is 1.96. The zero-order chi connectivity index (χ0) is 6.97. The van der Waals surface area contributed by atoms with Crippen LogP contribution in [0.15, 0.2) is 10.6 Å². The molecule has 2 rings (SSSR count). The van der Waals surface area contributed by atoms with Gasteiger partial charge in [0.1, 0.15) is 0 Å². The maximum Gasteiger partial charge on any atom is 0.150 e. The molecule has 2 N–H and O–H groups in total. The lowest BCUT2D eigenvalue weighted by atomic mass is 10.3. The zero-order valence-corrected chi connectivity index (χ0v) is 5.71. The summed E-state index contributed by atoms with van der Waals surface area (Å²) in [5.41, 5.74) is 6.43. The highest BCUT2D eigenvalue weighted by Gasteiger charge is 2.26. The van der Waals surface area contributed by atoms with Crippen molar-refractivity contribution < 1.29 is 4.52 Å². The van der Waals surface area contributed by atoms with E-state index in [9.17, 15) is 0 Å². The van der Waals surface area contributed by atoms with Gasteiger partial charge in [0, 0.05) is 12.0 Å². The van der Waals surface area contributed by atoms with E-state index in [4.69, 9.17) is 10.3 Å². The molecule has 3 nitrogen and oxygen atoms in total. The Labute approximate surface area is 59.2 Å². The number of nitrogens with zero attached hydrogens (tertiary/aromatic N) is 1. The molecule has 10 heavy (non-hydrogen) atoms. The summed E-state index contributed by atoms with van der Waals surface area (Å²) in [5.74, 6) is 1.46. The summed E-state index contributed by atoms with van der Waals surface area (Å²) in [4.78, 5) is 0. The van der Waals surface area contributed by atoms with Crippen LogP contribution in [0.3, 0.4) is 0 Å². The monoisotopic (exact) mass is 138 g/mol. The third kappa shape index (κ3) is 0.926. The maximum atomic E-state index is 5.35. The van der Waals surface area contributed by atoms with Gasteiger partial charge in [-0.2, -0.15) is 0 Å². The molecule has 0 radical (unpaired) electrons. The molecule has 54 valence electrons. The van der Waals surface area contributed by atoms with Gasteiger partial charge in [0.05, 0.1) is 12.2 Å². The highest BCUT2D eigenvalue weighted by molar-refractivity contribution is 5.15. The Kier molecular flexibility index (Phi) is 1.24. The van der Waals surface area contributed by atoms with Crippen LogP contribution in [0.5, 0.6) is 0 Å². The molecule has 0 atom stereocenters. The molecule has 1 aromatic rings. The minimum absolute atomic E-state index is 0.458. The molecule has 0 bridgehead atoms. The highest BCUT2D eigenvalue weighted by atomic mass is 16.5. The molecule has 0 aromatic carbocycles. The predicted molar refractivity (Wildman–Crippen MR) is 36.4 cm³/mol. The Hall–Kier alpha value is -0.830. The van der Waals surface area contributed by atoms with Crippen molar-refractivity contribution in [1.29, 1.82) is 0 Å². The smallest absolute Gasteiger partial charge is 0.150 e. The minimum atomic E-state index is 0.458. The van der Waals surface area contributed by atoms with E-state index in [0.717, 1.165) is 11.5 Å². The lowest BCUT2D eigenvalue weighted by molar-refractivity contribution is 0.379. The molecule has 0 amide bonds. The fourth-order valence-electron chi connectivity index (χ4n) is 0.997. The van der Waals surface area contributed by atoms with Gasteiger partial charge in [-0.05, 0) is 12.8 Å². The van der Waals surface area contributed by atoms with Gasteiger partial charge in [-0.15, -0.1) is 0 Å². The number of aromatic nitrogens is 1. The molecule has 0 saturated heterocycles. The van der Waals surface area contributed by atoms with Crippen molar-refractivity contribution >= 4 is 0 Å². The second-order valence-electron chi connectivity index (χ2n) is 2.70. The minimum Gasteiger partial charge on any atom is -0.360 e. The van der Waals surface area contributed by atoms with Crippen LogP contribution >= 0.6 is 0 Å². The molecular weight excluding hydrogens is 128 g/mol. The van der Waals surface area contributed by atoms with Crippen molar-refractivity contribution in [1.82, 2.24) is 5.16 Å². The third-order valence-corrected chi connectivity index (χ3v) is 1.77. The van der Waals surface area contributed by atoms with Crippen molar-refractivity contribution in [2.45, 2.75) is 25.3 Å². The average molecular weight is 138 g/mol. The van der Waals surface area contributed by atoms with E-state index in [2.05, 4.69) is 5.16 Å². The van der Waals surface area contributed by atoms with Gasteiger partial charge in [0.25, 0.3) is 0 Å². The third-order valence-electron chi connectivity index (χ3n) is 1.77. The van der Waals surface area contributed by atoms with E-state index < -0.39 is 0 Å². The first kappa shape index (κ1) is 5.92. The van der Waals surface area contributed by atoms with Gasteiger partial charge in [-0.1, -0.05) is 5.16 Å². The Morgan fingerprint density at radius 2 is 2.50 bits per heavy atom. The molecule has 0 aliphatic heterocycles. The van der Waals surface area contributed by atoms with Crippen LogP contribution in [0.2, 0.25) is 0 Å². The van der Waals surface area contributed by atoms with Crippen molar-refractivity contribution in [2.75, 3.05) is 0 Å². The summed E-state index contributed by atoms with van der Waals surface area (Å²) < 4.78 is 4.94. The first-order chi connectivity index (χ1) is 4.90. The van der Waals surface area contributed by atoms with E-state index in [1.54, 1.807) is 0 Å².